The molecule has 6 aromatic rings. The Morgan fingerprint density at radius 1 is 0.766 bits per heavy atom. The van der Waals surface area contributed by atoms with Crippen molar-refractivity contribution in [1.29, 1.82) is 0 Å². The Labute approximate surface area is 293 Å². The first-order chi connectivity index (χ1) is 21.9. The molecule has 0 spiro atoms. The van der Waals surface area contributed by atoms with Crippen molar-refractivity contribution >= 4 is 34.7 Å². The number of rotatable bonds is 6. The minimum Gasteiger partial charge on any atom is 2.00 e. The van der Waals surface area contributed by atoms with Gasteiger partial charge in [0.2, 0.25) is 0 Å². The summed E-state index contributed by atoms with van der Waals surface area (Å²) < 4.78 is 50.0. The van der Waals surface area contributed by atoms with Crippen LogP contribution >= 0.6 is 0 Å². The molecule has 0 saturated carbocycles. The number of nitrogens with zero attached hydrogens (tertiary/aromatic N) is 2. The topological polar surface area (TPSA) is 35.0 Å². The second-order valence-corrected chi connectivity index (χ2v) is 14.6. The molecule has 1 aliphatic heterocycles. The molecule has 3 nitrogen and oxygen atoms in total. The van der Waals surface area contributed by atoms with Crippen LogP contribution in [0.5, 0.6) is 11.5 Å². The minimum absolute atomic E-state index is 0. The summed E-state index contributed by atoms with van der Waals surface area (Å²) in [6.45, 7) is 6.55. The largest absolute Gasteiger partial charge is 2.00 e. The van der Waals surface area contributed by atoms with Gasteiger partial charge in [-0.15, -0.1) is 0 Å². The van der Waals surface area contributed by atoms with Crippen molar-refractivity contribution in [2.45, 2.75) is 40.3 Å². The second kappa shape index (κ2) is 12.7. The van der Waals surface area contributed by atoms with Crippen LogP contribution in [0.3, 0.4) is 0 Å². The van der Waals surface area contributed by atoms with Crippen molar-refractivity contribution in [2.75, 3.05) is 0 Å². The number of halogens is 3. The minimum atomic E-state index is -4.30. The first-order valence-electron chi connectivity index (χ1n) is 14.9. The molecule has 4 aromatic carbocycles. The van der Waals surface area contributed by atoms with E-state index in [2.05, 4.69) is 23.2 Å². The summed E-state index contributed by atoms with van der Waals surface area (Å²) in [6, 6.07) is 32.5. The predicted octanol–water partition coefficient (Wildman–Crippen LogP) is 8.74. The van der Waals surface area contributed by atoms with Gasteiger partial charge in [-0.3, -0.25) is 0 Å². The molecule has 0 radical (unpaired) electrons. The molecular formula is C39H29F3N2OPtSe. The van der Waals surface area contributed by atoms with Crippen LogP contribution in [0.4, 0.5) is 13.2 Å². The number of hydrogen-bond acceptors (Lipinski definition) is 3. The third-order valence-electron chi connectivity index (χ3n) is 8.21. The number of aromatic nitrogens is 2. The maximum absolute atomic E-state index is 13.8. The normalized spacial score (nSPS) is 12.4. The molecule has 47 heavy (non-hydrogen) atoms. The summed E-state index contributed by atoms with van der Waals surface area (Å²) >= 11 is -0.204. The smallest absolute Gasteiger partial charge is 2.00 e. The number of pyridine rings is 2. The van der Waals surface area contributed by atoms with Gasteiger partial charge in [-0.1, -0.05) is 0 Å². The fraction of sp³-hybridized carbons (Fsp3) is 0.179. The molecule has 3 heterocycles. The Bertz CT molecular complexity index is 2130. The molecule has 2 aromatic heterocycles. The third kappa shape index (κ3) is 6.54. The van der Waals surface area contributed by atoms with Gasteiger partial charge in [0.15, 0.2) is 0 Å². The fourth-order valence-corrected chi connectivity index (χ4v) is 8.65. The molecule has 0 unspecified atom stereocenters. The molecule has 0 fully saturated rings. The maximum atomic E-state index is 13.8. The van der Waals surface area contributed by atoms with Gasteiger partial charge in [0.1, 0.15) is 0 Å². The predicted molar refractivity (Wildman–Crippen MR) is 178 cm³/mol. The summed E-state index contributed by atoms with van der Waals surface area (Å²) in [7, 11) is 0. The number of benzene rings is 4. The maximum Gasteiger partial charge on any atom is 2.00 e. The van der Waals surface area contributed by atoms with Crippen molar-refractivity contribution in [3.63, 3.8) is 0 Å². The Hall–Kier alpha value is -3.76. The zero-order valence-electron chi connectivity index (χ0n) is 26.0. The summed E-state index contributed by atoms with van der Waals surface area (Å²) in [4.78, 5) is 9.29. The van der Waals surface area contributed by atoms with E-state index in [1.807, 2.05) is 92.8 Å². The molecule has 1 aliphatic rings. The summed E-state index contributed by atoms with van der Waals surface area (Å²) in [6.07, 6.45) is -0.813. The molecule has 0 amide bonds. The van der Waals surface area contributed by atoms with Crippen molar-refractivity contribution in [3.05, 3.63) is 120 Å². The Kier molecular flexibility index (Phi) is 8.95. The van der Waals surface area contributed by atoms with Crippen LogP contribution in [0.1, 0.15) is 30.5 Å². The van der Waals surface area contributed by atoms with E-state index in [0.29, 0.717) is 17.1 Å². The van der Waals surface area contributed by atoms with Gasteiger partial charge in [-0.05, 0) is 6.07 Å². The molecule has 0 bridgehead atoms. The molecule has 7 rings (SSSR count). The fourth-order valence-electron chi connectivity index (χ4n) is 5.91. The number of fused-ring (bicyclic) bond motifs is 2. The quantitative estimate of drug-likeness (QED) is 0.124. The Balaban J connectivity index is 0.00000386. The second-order valence-electron chi connectivity index (χ2n) is 12.4. The van der Waals surface area contributed by atoms with E-state index in [9.17, 15) is 13.2 Å². The SMILES string of the molecule is Cc1cc(Oc2[c-]c(-c3nccc4c3[Se]c3cc(CC(C)(C)C(F)(F)F)cc5cccc-4c35)cc(C)c2)[c-]c(-c2ccccn2)c1.[Pt+2]. The average Bonchev–Trinajstić information content (AvgIpc) is 3.00. The van der Waals surface area contributed by atoms with Crippen LogP contribution in [-0.4, -0.2) is 31.1 Å². The van der Waals surface area contributed by atoms with Gasteiger partial charge in [-0.25, -0.2) is 0 Å². The average molecular weight is 873 g/mol. The summed E-state index contributed by atoms with van der Waals surface area (Å²) in [5.74, 6) is 1.11. The van der Waals surface area contributed by atoms with Crippen molar-refractivity contribution < 1.29 is 39.0 Å². The van der Waals surface area contributed by atoms with Crippen molar-refractivity contribution in [3.8, 4) is 45.1 Å². The Morgan fingerprint density at radius 3 is 2.19 bits per heavy atom. The van der Waals surface area contributed by atoms with Crippen molar-refractivity contribution in [2.24, 2.45) is 5.41 Å². The summed E-state index contributed by atoms with van der Waals surface area (Å²) in [5.41, 5.74) is 6.29. The van der Waals surface area contributed by atoms with Gasteiger partial charge in [0.25, 0.3) is 0 Å². The van der Waals surface area contributed by atoms with E-state index in [4.69, 9.17) is 9.72 Å². The number of aryl methyl sites for hydroxylation is 2. The zero-order valence-corrected chi connectivity index (χ0v) is 30.0. The van der Waals surface area contributed by atoms with Crippen LogP contribution in [0.2, 0.25) is 0 Å². The molecule has 238 valence electrons. The van der Waals surface area contributed by atoms with E-state index in [-0.39, 0.29) is 42.4 Å². The molecule has 0 saturated heterocycles. The molecular weight excluding hydrogens is 843 g/mol. The van der Waals surface area contributed by atoms with Crippen LogP contribution in [-0.2, 0) is 27.5 Å². The van der Waals surface area contributed by atoms with Crippen LogP contribution in [0.15, 0.2) is 91.3 Å². The third-order valence-corrected chi connectivity index (χ3v) is 10.6. The van der Waals surface area contributed by atoms with E-state index in [1.165, 1.54) is 13.8 Å². The van der Waals surface area contributed by atoms with Gasteiger partial charge in [0.05, 0.1) is 0 Å². The van der Waals surface area contributed by atoms with Gasteiger partial charge >= 0.3 is 288 Å². The van der Waals surface area contributed by atoms with Crippen LogP contribution in [0.25, 0.3) is 44.4 Å². The molecule has 8 heteroatoms. The van der Waals surface area contributed by atoms with E-state index < -0.39 is 11.6 Å². The van der Waals surface area contributed by atoms with Gasteiger partial charge < -0.3 is 0 Å². The van der Waals surface area contributed by atoms with E-state index >= 15 is 0 Å². The Morgan fingerprint density at radius 2 is 1.49 bits per heavy atom. The van der Waals surface area contributed by atoms with Crippen LogP contribution < -0.4 is 13.7 Å². The molecule has 0 aliphatic carbocycles. The summed E-state index contributed by atoms with van der Waals surface area (Å²) in [5, 5.41) is 2.07. The standard InChI is InChI=1S/C39H29F3N2OSe.Pt/c1-23-14-27(33-10-5-6-12-43-33)20-29(16-23)45-30-17-24(2)15-28(21-30)36-37-32(11-13-44-36)31-9-7-8-26-18-25(19-34(46-37)35(26)31)22-38(3,4)39(40,41)42;/h5-19H,22H2,1-4H3;/q-2;+2. The van der Waals surface area contributed by atoms with Crippen LogP contribution in [0, 0.1) is 31.4 Å². The zero-order chi connectivity index (χ0) is 32.2. The monoisotopic (exact) mass is 873 g/mol. The molecule has 0 N–H and O–H groups in total. The number of ether oxygens (including phenoxy) is 1. The van der Waals surface area contributed by atoms with Crippen molar-refractivity contribution in [1.82, 2.24) is 9.97 Å². The van der Waals surface area contributed by atoms with E-state index in [1.54, 1.807) is 6.20 Å². The van der Waals surface area contributed by atoms with Gasteiger partial charge in [-0.2, -0.15) is 0 Å². The number of hydrogen-bond donors (Lipinski definition) is 0. The molecule has 0 atom stereocenters. The first-order valence-corrected chi connectivity index (χ1v) is 16.6. The van der Waals surface area contributed by atoms with Gasteiger partial charge in [0, 0.05) is 0 Å². The van der Waals surface area contributed by atoms with E-state index in [0.717, 1.165) is 64.5 Å². The number of alkyl halides is 3. The first kappa shape index (κ1) is 33.2.